The Morgan fingerprint density at radius 2 is 1.68 bits per heavy atom. The zero-order valence-corrected chi connectivity index (χ0v) is 19.2. The van der Waals surface area contributed by atoms with E-state index in [0.717, 1.165) is 13.1 Å². The van der Waals surface area contributed by atoms with Gasteiger partial charge in [-0.1, -0.05) is 12.1 Å². The first-order chi connectivity index (χ1) is 16.6. The van der Waals surface area contributed by atoms with Crippen LogP contribution in [0.5, 0.6) is 0 Å². The number of piperazine rings is 1. The van der Waals surface area contributed by atoms with Gasteiger partial charge in [0.1, 0.15) is 11.2 Å². The molecule has 0 unspecified atom stereocenters. The maximum atomic E-state index is 13.0. The number of hydrogen-bond donors (Lipinski definition) is 0. The summed E-state index contributed by atoms with van der Waals surface area (Å²) in [6.07, 6.45) is 1.65. The van der Waals surface area contributed by atoms with Crippen molar-refractivity contribution in [3.63, 3.8) is 0 Å². The monoisotopic (exact) mass is 474 g/mol. The van der Waals surface area contributed by atoms with E-state index in [4.69, 9.17) is 4.42 Å². The Balaban J connectivity index is 1.10. The summed E-state index contributed by atoms with van der Waals surface area (Å²) in [6, 6.07) is 12.5. The highest BCUT2D eigenvalue weighted by molar-refractivity contribution is 7.11. The van der Waals surface area contributed by atoms with Crippen LogP contribution in [0.2, 0.25) is 0 Å². The maximum absolute atomic E-state index is 13.0. The summed E-state index contributed by atoms with van der Waals surface area (Å²) in [6.45, 7) is 4.22. The van der Waals surface area contributed by atoms with Crippen molar-refractivity contribution in [1.82, 2.24) is 19.7 Å². The minimum absolute atomic E-state index is 0.00389. The van der Waals surface area contributed by atoms with Crippen molar-refractivity contribution >= 4 is 45.1 Å². The third-order valence-corrected chi connectivity index (χ3v) is 7.47. The SMILES string of the molecule is O=C(c1ccc2c(=O)c3ccccc3oc2c1)N1CC(N2CCN(C(=O)c3nccs3)CC2)C1. The molecule has 34 heavy (non-hydrogen) atoms. The Labute approximate surface area is 199 Å². The van der Waals surface area contributed by atoms with Crippen LogP contribution in [0.4, 0.5) is 0 Å². The zero-order chi connectivity index (χ0) is 23.2. The summed E-state index contributed by atoms with van der Waals surface area (Å²) in [7, 11) is 0. The third-order valence-electron chi connectivity index (χ3n) is 6.71. The second-order valence-electron chi connectivity index (χ2n) is 8.67. The standard InChI is InChI=1S/C25H22N4O4S/c30-22-18-3-1-2-4-20(18)33-21-13-16(5-6-19(21)22)24(31)29-14-17(15-29)27-8-10-28(11-9-27)25(32)23-26-7-12-34-23/h1-7,12-13,17H,8-11,14-15H2. The molecule has 0 radical (unpaired) electrons. The van der Waals surface area contributed by atoms with Crippen molar-refractivity contribution in [1.29, 1.82) is 0 Å². The first-order valence-electron chi connectivity index (χ1n) is 11.3. The van der Waals surface area contributed by atoms with Gasteiger partial charge in [-0.2, -0.15) is 0 Å². The summed E-state index contributed by atoms with van der Waals surface area (Å²) in [4.78, 5) is 48.4. The normalized spacial score (nSPS) is 17.3. The van der Waals surface area contributed by atoms with Gasteiger partial charge in [0.15, 0.2) is 5.01 Å². The summed E-state index contributed by atoms with van der Waals surface area (Å²) in [5, 5.41) is 3.36. The van der Waals surface area contributed by atoms with Gasteiger partial charge in [0.25, 0.3) is 11.8 Å². The maximum Gasteiger partial charge on any atom is 0.282 e. The molecule has 0 aliphatic carbocycles. The lowest BCUT2D eigenvalue weighted by molar-refractivity contribution is 0.00853. The van der Waals surface area contributed by atoms with Gasteiger partial charge >= 0.3 is 0 Å². The van der Waals surface area contributed by atoms with Crippen LogP contribution < -0.4 is 5.43 Å². The Kier molecular flexibility index (Phi) is 5.15. The summed E-state index contributed by atoms with van der Waals surface area (Å²) in [5.74, 6) is -0.0673. The molecule has 2 saturated heterocycles. The molecule has 2 aromatic carbocycles. The fraction of sp³-hybridized carbons (Fsp3) is 0.280. The van der Waals surface area contributed by atoms with Crippen LogP contribution in [0.15, 0.2) is 63.3 Å². The lowest BCUT2D eigenvalue weighted by atomic mass is 10.0. The molecule has 2 amide bonds. The van der Waals surface area contributed by atoms with Gasteiger partial charge in [-0.15, -0.1) is 11.3 Å². The highest BCUT2D eigenvalue weighted by atomic mass is 32.1. The van der Waals surface area contributed by atoms with Crippen molar-refractivity contribution < 1.29 is 14.0 Å². The van der Waals surface area contributed by atoms with Gasteiger partial charge in [-0.05, 0) is 30.3 Å². The number of para-hydroxylation sites is 1. The zero-order valence-electron chi connectivity index (χ0n) is 18.3. The molecular formula is C25H22N4O4S. The van der Waals surface area contributed by atoms with Crippen LogP contribution in [-0.4, -0.2) is 76.8 Å². The van der Waals surface area contributed by atoms with E-state index >= 15 is 0 Å². The Hall–Kier alpha value is -3.56. The van der Waals surface area contributed by atoms with Gasteiger partial charge in [0.05, 0.1) is 10.8 Å². The van der Waals surface area contributed by atoms with Crippen LogP contribution >= 0.6 is 11.3 Å². The van der Waals surface area contributed by atoms with Crippen molar-refractivity contribution in [2.24, 2.45) is 0 Å². The summed E-state index contributed by atoms with van der Waals surface area (Å²) >= 11 is 1.37. The topological polar surface area (TPSA) is 87.0 Å². The fourth-order valence-electron chi connectivity index (χ4n) is 4.72. The van der Waals surface area contributed by atoms with Crippen LogP contribution in [0.25, 0.3) is 21.9 Å². The molecule has 4 aromatic rings. The van der Waals surface area contributed by atoms with E-state index in [0.29, 0.717) is 64.7 Å². The highest BCUT2D eigenvalue weighted by Crippen LogP contribution is 2.24. The lowest BCUT2D eigenvalue weighted by Crippen LogP contribution is -2.64. The number of aromatic nitrogens is 1. The van der Waals surface area contributed by atoms with Gasteiger partial charge in [-0.3, -0.25) is 19.3 Å². The number of carbonyl (C=O) groups excluding carboxylic acids is 2. The molecule has 0 atom stereocenters. The first kappa shape index (κ1) is 21.0. The molecule has 2 aliphatic rings. The van der Waals surface area contributed by atoms with Crippen LogP contribution in [0, 0.1) is 0 Å². The minimum atomic E-state index is -0.0904. The average Bonchev–Trinajstić information content (AvgIpc) is 3.38. The number of carbonyl (C=O) groups is 2. The quantitative estimate of drug-likeness (QED) is 0.425. The van der Waals surface area contributed by atoms with E-state index in [1.54, 1.807) is 36.5 Å². The number of benzene rings is 2. The molecule has 172 valence electrons. The number of nitrogens with zero attached hydrogens (tertiary/aromatic N) is 4. The van der Waals surface area contributed by atoms with Gasteiger partial charge < -0.3 is 14.2 Å². The molecule has 8 nitrogen and oxygen atoms in total. The van der Waals surface area contributed by atoms with Crippen LogP contribution in [0.3, 0.4) is 0 Å². The smallest absolute Gasteiger partial charge is 0.282 e. The van der Waals surface area contributed by atoms with E-state index in [2.05, 4.69) is 9.88 Å². The predicted molar refractivity (Wildman–Crippen MR) is 129 cm³/mol. The molecule has 2 aliphatic heterocycles. The van der Waals surface area contributed by atoms with Gasteiger partial charge in [0.2, 0.25) is 5.43 Å². The molecule has 0 N–H and O–H groups in total. The molecular weight excluding hydrogens is 452 g/mol. The Morgan fingerprint density at radius 3 is 2.44 bits per heavy atom. The molecule has 9 heteroatoms. The largest absolute Gasteiger partial charge is 0.456 e. The number of amides is 2. The average molecular weight is 475 g/mol. The lowest BCUT2D eigenvalue weighted by Gasteiger charge is -2.48. The third kappa shape index (κ3) is 3.57. The van der Waals surface area contributed by atoms with E-state index in [1.807, 2.05) is 27.3 Å². The molecule has 6 rings (SSSR count). The Morgan fingerprint density at radius 1 is 0.912 bits per heavy atom. The van der Waals surface area contributed by atoms with Crippen molar-refractivity contribution in [3.8, 4) is 0 Å². The first-order valence-corrected chi connectivity index (χ1v) is 12.1. The van der Waals surface area contributed by atoms with Crippen molar-refractivity contribution in [3.05, 3.63) is 74.8 Å². The second kappa shape index (κ2) is 8.34. The van der Waals surface area contributed by atoms with Crippen LogP contribution in [-0.2, 0) is 0 Å². The molecule has 0 spiro atoms. The predicted octanol–water partition coefficient (Wildman–Crippen LogP) is 2.69. The molecule has 4 heterocycles. The summed E-state index contributed by atoms with van der Waals surface area (Å²) in [5.41, 5.74) is 1.37. The number of rotatable bonds is 3. The fourth-order valence-corrected chi connectivity index (χ4v) is 5.33. The van der Waals surface area contributed by atoms with Gasteiger partial charge in [0, 0.05) is 62.5 Å². The highest BCUT2D eigenvalue weighted by Gasteiger charge is 2.37. The van der Waals surface area contributed by atoms with E-state index in [9.17, 15) is 14.4 Å². The molecule has 2 fully saturated rings. The number of thiazole rings is 1. The van der Waals surface area contributed by atoms with Crippen molar-refractivity contribution in [2.45, 2.75) is 6.04 Å². The van der Waals surface area contributed by atoms with Crippen LogP contribution in [0.1, 0.15) is 20.2 Å². The summed E-state index contributed by atoms with van der Waals surface area (Å²) < 4.78 is 5.91. The van der Waals surface area contributed by atoms with E-state index in [1.165, 1.54) is 11.3 Å². The van der Waals surface area contributed by atoms with E-state index in [-0.39, 0.29) is 17.2 Å². The van der Waals surface area contributed by atoms with Gasteiger partial charge in [-0.25, -0.2) is 4.98 Å². The van der Waals surface area contributed by atoms with E-state index < -0.39 is 0 Å². The van der Waals surface area contributed by atoms with Crippen molar-refractivity contribution in [2.75, 3.05) is 39.3 Å². The molecule has 0 saturated carbocycles. The molecule has 0 bridgehead atoms. The number of fused-ring (bicyclic) bond motifs is 2. The second-order valence-corrected chi connectivity index (χ2v) is 9.56. The Bertz CT molecular complexity index is 1450. The molecule has 2 aromatic heterocycles. The minimum Gasteiger partial charge on any atom is -0.456 e. The number of hydrogen-bond acceptors (Lipinski definition) is 7. The number of likely N-dealkylation sites (tertiary alicyclic amines) is 1.